The van der Waals surface area contributed by atoms with Gasteiger partial charge >= 0.3 is 0 Å². The van der Waals surface area contributed by atoms with Crippen molar-refractivity contribution in [2.24, 2.45) is 0 Å². The second-order valence-corrected chi connectivity index (χ2v) is 5.15. The predicted molar refractivity (Wildman–Crippen MR) is 88.1 cm³/mol. The van der Waals surface area contributed by atoms with Crippen LogP contribution < -0.4 is 4.74 Å². The first-order valence-electron chi connectivity index (χ1n) is 7.26. The Bertz CT molecular complexity index is 758. The van der Waals surface area contributed by atoms with E-state index < -0.39 is 11.9 Å². The standard InChI is InChI=1S/C19H19NO3/c1-14(20(22)15(2)21)18-8-4-6-16(12-18)10-11-17-7-5-9-19(13-17)23-3/h4-9,12-14,22H,1-3H3. The molecule has 0 saturated carbocycles. The fourth-order valence-corrected chi connectivity index (χ4v) is 2.14. The maximum Gasteiger partial charge on any atom is 0.243 e. The summed E-state index contributed by atoms with van der Waals surface area (Å²) in [6.07, 6.45) is 0. The highest BCUT2D eigenvalue weighted by molar-refractivity contribution is 5.72. The van der Waals surface area contributed by atoms with Crippen LogP contribution in [0, 0.1) is 11.8 Å². The molecule has 23 heavy (non-hydrogen) atoms. The molecule has 0 aromatic heterocycles. The van der Waals surface area contributed by atoms with Gasteiger partial charge in [0.2, 0.25) is 5.91 Å². The first-order chi connectivity index (χ1) is 11.0. The molecule has 0 radical (unpaired) electrons. The van der Waals surface area contributed by atoms with Crippen molar-refractivity contribution < 1.29 is 14.7 Å². The third-order valence-corrected chi connectivity index (χ3v) is 3.48. The Labute approximate surface area is 136 Å². The van der Waals surface area contributed by atoms with Gasteiger partial charge in [0, 0.05) is 18.1 Å². The maximum absolute atomic E-state index is 11.3. The Morgan fingerprint density at radius 1 is 1.13 bits per heavy atom. The van der Waals surface area contributed by atoms with Crippen molar-refractivity contribution in [1.82, 2.24) is 5.06 Å². The molecular formula is C19H19NO3. The number of amides is 1. The molecule has 4 heteroatoms. The van der Waals surface area contributed by atoms with Gasteiger partial charge in [0.1, 0.15) is 5.75 Å². The van der Waals surface area contributed by atoms with Crippen molar-refractivity contribution >= 4 is 5.91 Å². The molecule has 1 atom stereocenters. The van der Waals surface area contributed by atoms with Gasteiger partial charge in [0.05, 0.1) is 13.2 Å². The van der Waals surface area contributed by atoms with Crippen LogP contribution in [0.2, 0.25) is 0 Å². The minimum absolute atomic E-state index is 0.398. The monoisotopic (exact) mass is 309 g/mol. The van der Waals surface area contributed by atoms with Crippen molar-refractivity contribution in [2.75, 3.05) is 7.11 Å². The minimum Gasteiger partial charge on any atom is -0.497 e. The Kier molecular flexibility index (Phi) is 5.40. The number of hydrogen-bond acceptors (Lipinski definition) is 3. The summed E-state index contributed by atoms with van der Waals surface area (Å²) in [5.41, 5.74) is 2.49. The lowest BCUT2D eigenvalue weighted by atomic mass is 10.0. The van der Waals surface area contributed by atoms with Gasteiger partial charge in [0.25, 0.3) is 0 Å². The van der Waals surface area contributed by atoms with Crippen molar-refractivity contribution in [3.05, 3.63) is 65.2 Å². The summed E-state index contributed by atoms with van der Waals surface area (Å²) in [6.45, 7) is 3.08. The predicted octanol–water partition coefficient (Wildman–Crippen LogP) is 3.39. The molecule has 0 aliphatic rings. The first-order valence-corrected chi connectivity index (χ1v) is 7.26. The molecule has 0 aliphatic heterocycles. The summed E-state index contributed by atoms with van der Waals surface area (Å²) >= 11 is 0. The number of methoxy groups -OCH3 is 1. The Balaban J connectivity index is 2.24. The van der Waals surface area contributed by atoms with Crippen LogP contribution in [0.3, 0.4) is 0 Å². The lowest BCUT2D eigenvalue weighted by Crippen LogP contribution is -2.27. The molecule has 0 aliphatic carbocycles. The number of ether oxygens (including phenoxy) is 1. The van der Waals surface area contributed by atoms with E-state index in [1.165, 1.54) is 6.92 Å². The molecule has 2 aromatic rings. The summed E-state index contributed by atoms with van der Waals surface area (Å²) in [5, 5.41) is 10.5. The topological polar surface area (TPSA) is 49.8 Å². The number of hydroxylamine groups is 2. The molecule has 0 spiro atoms. The second kappa shape index (κ2) is 7.48. The lowest BCUT2D eigenvalue weighted by molar-refractivity contribution is -0.172. The first kappa shape index (κ1) is 16.6. The van der Waals surface area contributed by atoms with E-state index in [0.717, 1.165) is 22.4 Å². The fraction of sp³-hybridized carbons (Fsp3) is 0.211. The summed E-state index contributed by atoms with van der Waals surface area (Å²) in [6, 6.07) is 14.6. The second-order valence-electron chi connectivity index (χ2n) is 5.15. The van der Waals surface area contributed by atoms with E-state index in [1.807, 2.05) is 48.5 Å². The quantitative estimate of drug-likeness (QED) is 0.537. The van der Waals surface area contributed by atoms with Crippen LogP contribution in [-0.4, -0.2) is 23.3 Å². The van der Waals surface area contributed by atoms with Crippen LogP contribution in [0.25, 0.3) is 0 Å². The number of carbonyl (C=O) groups is 1. The van der Waals surface area contributed by atoms with Crippen molar-refractivity contribution in [3.8, 4) is 17.6 Å². The van der Waals surface area contributed by atoms with Crippen LogP contribution in [0.15, 0.2) is 48.5 Å². The number of rotatable bonds is 3. The Morgan fingerprint density at radius 3 is 2.35 bits per heavy atom. The van der Waals surface area contributed by atoms with E-state index in [4.69, 9.17) is 4.74 Å². The van der Waals surface area contributed by atoms with E-state index in [0.29, 0.717) is 5.06 Å². The maximum atomic E-state index is 11.3. The molecule has 0 heterocycles. The number of benzene rings is 2. The van der Waals surface area contributed by atoms with E-state index in [2.05, 4.69) is 11.8 Å². The lowest BCUT2D eigenvalue weighted by Gasteiger charge is -2.21. The zero-order chi connectivity index (χ0) is 16.8. The summed E-state index contributed by atoms with van der Waals surface area (Å²) in [4.78, 5) is 11.3. The van der Waals surface area contributed by atoms with Crippen molar-refractivity contribution in [3.63, 3.8) is 0 Å². The highest BCUT2D eigenvalue weighted by Gasteiger charge is 2.16. The average molecular weight is 309 g/mol. The molecule has 2 rings (SSSR count). The smallest absolute Gasteiger partial charge is 0.243 e. The van der Waals surface area contributed by atoms with Crippen LogP contribution >= 0.6 is 0 Å². The molecule has 0 saturated heterocycles. The summed E-state index contributed by atoms with van der Waals surface area (Å²) < 4.78 is 5.17. The van der Waals surface area contributed by atoms with Gasteiger partial charge in [-0.05, 0) is 42.8 Å². The molecule has 2 aromatic carbocycles. The van der Waals surface area contributed by atoms with Crippen LogP contribution in [0.1, 0.15) is 36.6 Å². The van der Waals surface area contributed by atoms with Gasteiger partial charge in [-0.15, -0.1) is 0 Å². The number of carbonyl (C=O) groups excluding carboxylic acids is 1. The van der Waals surface area contributed by atoms with Gasteiger partial charge < -0.3 is 4.74 Å². The third-order valence-electron chi connectivity index (χ3n) is 3.48. The summed E-state index contributed by atoms with van der Waals surface area (Å²) in [5.74, 6) is 6.53. The molecule has 118 valence electrons. The van der Waals surface area contributed by atoms with E-state index in [1.54, 1.807) is 14.0 Å². The third kappa shape index (κ3) is 4.35. The normalized spacial score (nSPS) is 11.1. The van der Waals surface area contributed by atoms with E-state index >= 15 is 0 Å². The SMILES string of the molecule is COc1cccc(C#Cc2cccc(C(C)N(O)C(C)=O)c2)c1. The van der Waals surface area contributed by atoms with Gasteiger partial charge in [0.15, 0.2) is 0 Å². The zero-order valence-electron chi connectivity index (χ0n) is 13.4. The zero-order valence-corrected chi connectivity index (χ0v) is 13.4. The minimum atomic E-state index is -0.425. The van der Waals surface area contributed by atoms with Gasteiger partial charge in [-0.1, -0.05) is 30.0 Å². The molecule has 4 nitrogen and oxygen atoms in total. The van der Waals surface area contributed by atoms with E-state index in [9.17, 15) is 10.0 Å². The highest BCUT2D eigenvalue weighted by Crippen LogP contribution is 2.19. The largest absolute Gasteiger partial charge is 0.497 e. The average Bonchev–Trinajstić information content (AvgIpc) is 2.59. The van der Waals surface area contributed by atoms with E-state index in [-0.39, 0.29) is 0 Å². The van der Waals surface area contributed by atoms with Crippen LogP contribution in [0.4, 0.5) is 0 Å². The van der Waals surface area contributed by atoms with Gasteiger partial charge in [-0.25, -0.2) is 5.06 Å². The van der Waals surface area contributed by atoms with Gasteiger partial charge in [-0.2, -0.15) is 0 Å². The molecule has 1 N–H and O–H groups in total. The molecule has 1 amide bonds. The molecule has 0 bridgehead atoms. The number of hydrogen-bond donors (Lipinski definition) is 1. The number of nitrogens with zero attached hydrogens (tertiary/aromatic N) is 1. The van der Waals surface area contributed by atoms with Crippen LogP contribution in [-0.2, 0) is 4.79 Å². The summed E-state index contributed by atoms with van der Waals surface area (Å²) in [7, 11) is 1.62. The molecule has 0 fully saturated rings. The van der Waals surface area contributed by atoms with Crippen LogP contribution in [0.5, 0.6) is 5.75 Å². The highest BCUT2D eigenvalue weighted by atomic mass is 16.5. The van der Waals surface area contributed by atoms with Crippen molar-refractivity contribution in [1.29, 1.82) is 0 Å². The molecule has 1 unspecified atom stereocenters. The Hall–Kier alpha value is -2.77. The molecular weight excluding hydrogens is 290 g/mol. The Morgan fingerprint density at radius 2 is 1.74 bits per heavy atom. The fourth-order valence-electron chi connectivity index (χ4n) is 2.14. The van der Waals surface area contributed by atoms with Crippen molar-refractivity contribution in [2.45, 2.75) is 19.9 Å². The van der Waals surface area contributed by atoms with Gasteiger partial charge in [-0.3, -0.25) is 10.0 Å².